The van der Waals surface area contributed by atoms with Crippen LogP contribution in [0.3, 0.4) is 0 Å². The summed E-state index contributed by atoms with van der Waals surface area (Å²) in [6, 6.07) is 12.2. The predicted octanol–water partition coefficient (Wildman–Crippen LogP) is 5.94. The molecule has 1 unspecified atom stereocenters. The first kappa shape index (κ1) is 25.4. The summed E-state index contributed by atoms with van der Waals surface area (Å²) in [7, 11) is 0. The lowest BCUT2D eigenvalue weighted by atomic mass is 9.95. The predicted molar refractivity (Wildman–Crippen MR) is 133 cm³/mol. The van der Waals surface area contributed by atoms with E-state index in [2.05, 4.69) is 5.32 Å². The number of benzene rings is 2. The second-order valence-electron chi connectivity index (χ2n) is 8.58. The van der Waals surface area contributed by atoms with Crippen molar-refractivity contribution in [3.63, 3.8) is 0 Å². The quantitative estimate of drug-likeness (QED) is 0.473. The lowest BCUT2D eigenvalue weighted by Crippen LogP contribution is -2.52. The molecule has 33 heavy (non-hydrogen) atoms. The van der Waals surface area contributed by atoms with Crippen molar-refractivity contribution in [3.8, 4) is 5.75 Å². The van der Waals surface area contributed by atoms with E-state index in [0.29, 0.717) is 22.2 Å². The molecule has 0 spiro atoms. The first-order valence-corrected chi connectivity index (χ1v) is 12.4. The largest absolute Gasteiger partial charge is 0.484 e. The van der Waals surface area contributed by atoms with Crippen LogP contribution >= 0.6 is 23.2 Å². The number of nitrogens with one attached hydrogen (secondary N) is 1. The third-order valence-electron chi connectivity index (χ3n) is 6.13. The molecule has 1 fully saturated rings. The number of hydrogen-bond donors (Lipinski definition) is 1. The van der Waals surface area contributed by atoms with Crippen molar-refractivity contribution >= 4 is 35.0 Å². The molecule has 0 bridgehead atoms. The van der Waals surface area contributed by atoms with Crippen molar-refractivity contribution < 1.29 is 14.3 Å². The third kappa shape index (κ3) is 7.12. The topological polar surface area (TPSA) is 58.6 Å². The van der Waals surface area contributed by atoms with Crippen LogP contribution in [0.25, 0.3) is 0 Å². The molecule has 7 heteroatoms. The van der Waals surface area contributed by atoms with Crippen molar-refractivity contribution in [2.75, 3.05) is 6.61 Å². The highest BCUT2D eigenvalue weighted by Gasteiger charge is 2.31. The molecule has 2 aromatic rings. The Morgan fingerprint density at radius 3 is 2.48 bits per heavy atom. The molecule has 0 heterocycles. The zero-order valence-electron chi connectivity index (χ0n) is 19.3. The fourth-order valence-electron chi connectivity index (χ4n) is 4.21. The number of carbonyl (C=O) groups excluding carboxylic acids is 2. The molecule has 0 radical (unpaired) electrons. The van der Waals surface area contributed by atoms with Gasteiger partial charge >= 0.3 is 0 Å². The van der Waals surface area contributed by atoms with Crippen LogP contribution in [0.5, 0.6) is 5.75 Å². The van der Waals surface area contributed by atoms with Gasteiger partial charge in [0.2, 0.25) is 5.91 Å². The summed E-state index contributed by atoms with van der Waals surface area (Å²) in [5, 5.41) is 4.37. The molecule has 2 aromatic carbocycles. The highest BCUT2D eigenvalue weighted by Crippen LogP contribution is 2.23. The fourth-order valence-corrected chi connectivity index (χ4v) is 4.52. The van der Waals surface area contributed by atoms with Crippen LogP contribution in [0.1, 0.15) is 56.6 Å². The smallest absolute Gasteiger partial charge is 0.261 e. The molecular weight excluding hydrogens is 459 g/mol. The van der Waals surface area contributed by atoms with E-state index in [1.807, 2.05) is 32.0 Å². The van der Waals surface area contributed by atoms with Gasteiger partial charge in [-0.1, -0.05) is 67.6 Å². The molecule has 0 saturated heterocycles. The molecule has 5 nitrogen and oxygen atoms in total. The first-order chi connectivity index (χ1) is 15.9. The highest BCUT2D eigenvalue weighted by atomic mass is 35.5. The minimum atomic E-state index is -0.605. The Labute approximate surface area is 206 Å². The van der Waals surface area contributed by atoms with E-state index in [4.69, 9.17) is 27.9 Å². The number of aryl methyl sites for hydroxylation is 1. The van der Waals surface area contributed by atoms with E-state index in [1.54, 1.807) is 29.2 Å². The number of nitrogens with zero attached hydrogens (tertiary/aromatic N) is 1. The maximum absolute atomic E-state index is 13.3. The van der Waals surface area contributed by atoms with Gasteiger partial charge < -0.3 is 15.0 Å². The monoisotopic (exact) mass is 490 g/mol. The number of halogens is 2. The van der Waals surface area contributed by atoms with Gasteiger partial charge in [0.1, 0.15) is 11.8 Å². The standard InChI is InChI=1S/C26H32Cl2N2O3/c1-3-24(26(32)29-20-10-5-4-6-11-20)30(16-19-9-7-8-12-23(19)28)25(31)17-33-21-13-14-22(27)18(2)15-21/h7-9,12-15,20,24H,3-6,10-11,16-17H2,1-2H3,(H,29,32). The first-order valence-electron chi connectivity index (χ1n) is 11.6. The van der Waals surface area contributed by atoms with Gasteiger partial charge in [0.05, 0.1) is 0 Å². The summed E-state index contributed by atoms with van der Waals surface area (Å²) < 4.78 is 5.76. The zero-order chi connectivity index (χ0) is 23.8. The minimum Gasteiger partial charge on any atom is -0.484 e. The Hall–Kier alpha value is -2.24. The summed E-state index contributed by atoms with van der Waals surface area (Å²) >= 11 is 12.5. The molecule has 1 atom stereocenters. The second kappa shape index (κ2) is 12.3. The van der Waals surface area contributed by atoms with Gasteiger partial charge in [-0.3, -0.25) is 9.59 Å². The van der Waals surface area contributed by atoms with E-state index in [1.165, 1.54) is 6.42 Å². The van der Waals surface area contributed by atoms with Gasteiger partial charge in [-0.05, 0) is 61.6 Å². The summed E-state index contributed by atoms with van der Waals surface area (Å²) in [4.78, 5) is 28.1. The number of hydrogen-bond acceptors (Lipinski definition) is 3. The maximum atomic E-state index is 13.3. The second-order valence-corrected chi connectivity index (χ2v) is 9.39. The molecule has 3 rings (SSSR count). The van der Waals surface area contributed by atoms with Crippen LogP contribution in [-0.4, -0.2) is 35.4 Å². The van der Waals surface area contributed by atoms with E-state index in [9.17, 15) is 9.59 Å². The van der Waals surface area contributed by atoms with Crippen molar-refractivity contribution in [1.29, 1.82) is 0 Å². The van der Waals surface area contributed by atoms with Crippen LogP contribution < -0.4 is 10.1 Å². The summed E-state index contributed by atoms with van der Waals surface area (Å²) in [6.45, 7) is 3.85. The van der Waals surface area contributed by atoms with Crippen LogP contribution in [0.15, 0.2) is 42.5 Å². The number of carbonyl (C=O) groups is 2. The van der Waals surface area contributed by atoms with Crippen LogP contribution in [-0.2, 0) is 16.1 Å². The van der Waals surface area contributed by atoms with E-state index >= 15 is 0 Å². The molecule has 2 amide bonds. The average molecular weight is 491 g/mol. The lowest BCUT2D eigenvalue weighted by molar-refractivity contribution is -0.143. The van der Waals surface area contributed by atoms with Crippen LogP contribution in [0.4, 0.5) is 0 Å². The highest BCUT2D eigenvalue weighted by molar-refractivity contribution is 6.31. The van der Waals surface area contributed by atoms with Crippen molar-refractivity contribution in [3.05, 3.63) is 63.6 Å². The van der Waals surface area contributed by atoms with Gasteiger partial charge in [-0.2, -0.15) is 0 Å². The maximum Gasteiger partial charge on any atom is 0.261 e. The van der Waals surface area contributed by atoms with Gasteiger partial charge in [-0.25, -0.2) is 0 Å². The number of rotatable bonds is 9. The average Bonchev–Trinajstić information content (AvgIpc) is 2.81. The van der Waals surface area contributed by atoms with Gasteiger partial charge in [-0.15, -0.1) is 0 Å². The normalized spacial score (nSPS) is 15.0. The third-order valence-corrected chi connectivity index (χ3v) is 6.92. The Balaban J connectivity index is 1.77. The Bertz CT molecular complexity index is 960. The van der Waals surface area contributed by atoms with Gasteiger partial charge in [0.15, 0.2) is 6.61 Å². The van der Waals surface area contributed by atoms with Crippen LogP contribution in [0, 0.1) is 6.92 Å². The SMILES string of the molecule is CCC(C(=O)NC1CCCCC1)N(Cc1ccccc1Cl)C(=O)COc1ccc(Cl)c(C)c1. The lowest BCUT2D eigenvalue weighted by Gasteiger charge is -2.33. The molecule has 1 aliphatic carbocycles. The number of amides is 2. The molecule has 178 valence electrons. The molecule has 1 saturated carbocycles. The van der Waals surface area contributed by atoms with Gasteiger partial charge in [0, 0.05) is 22.6 Å². The Morgan fingerprint density at radius 2 is 1.82 bits per heavy atom. The van der Waals surface area contributed by atoms with E-state index in [0.717, 1.165) is 36.8 Å². The minimum absolute atomic E-state index is 0.118. The molecular formula is C26H32Cl2N2O3. The molecule has 0 aliphatic heterocycles. The summed E-state index contributed by atoms with van der Waals surface area (Å²) in [6.07, 6.45) is 5.92. The fraction of sp³-hybridized carbons (Fsp3) is 0.462. The van der Waals surface area contributed by atoms with Crippen molar-refractivity contribution in [2.24, 2.45) is 0 Å². The van der Waals surface area contributed by atoms with E-state index in [-0.39, 0.29) is 31.0 Å². The number of ether oxygens (including phenoxy) is 1. The zero-order valence-corrected chi connectivity index (χ0v) is 20.8. The van der Waals surface area contributed by atoms with Crippen molar-refractivity contribution in [2.45, 2.75) is 71.0 Å². The molecule has 1 aliphatic rings. The van der Waals surface area contributed by atoms with E-state index < -0.39 is 6.04 Å². The Morgan fingerprint density at radius 1 is 1.09 bits per heavy atom. The van der Waals surface area contributed by atoms with Crippen LogP contribution in [0.2, 0.25) is 10.0 Å². The van der Waals surface area contributed by atoms with Crippen molar-refractivity contribution in [1.82, 2.24) is 10.2 Å². The summed E-state index contributed by atoms with van der Waals surface area (Å²) in [5.74, 6) is 0.169. The molecule has 1 N–H and O–H groups in total. The summed E-state index contributed by atoms with van der Waals surface area (Å²) in [5.41, 5.74) is 1.66. The Kier molecular flexibility index (Phi) is 9.45. The molecule has 0 aromatic heterocycles. The van der Waals surface area contributed by atoms with Gasteiger partial charge in [0.25, 0.3) is 5.91 Å².